The minimum Gasteiger partial charge on any atom is -0.504 e. The van der Waals surface area contributed by atoms with E-state index in [-0.39, 0.29) is 11.5 Å². The first kappa shape index (κ1) is 8.80. The largest absolute Gasteiger partial charge is 0.504 e. The van der Waals surface area contributed by atoms with Crippen molar-refractivity contribution in [3.05, 3.63) is 23.8 Å². The summed E-state index contributed by atoms with van der Waals surface area (Å²) in [5, 5.41) is 17.9. The Hall–Kier alpha value is -1.29. The lowest BCUT2D eigenvalue weighted by Crippen LogP contribution is -2.11. The molecule has 4 N–H and O–H groups in total. The smallest absolute Gasteiger partial charge is 0.157 e. The summed E-state index contributed by atoms with van der Waals surface area (Å²) in [6.45, 7) is -0.690. The third-order valence-corrected chi connectivity index (χ3v) is 1.59. The monoisotopic (exact) mass is 171 g/mol. The van der Waals surface area contributed by atoms with Gasteiger partial charge in [0.1, 0.15) is 6.67 Å². The molecule has 1 aromatic rings. The van der Waals surface area contributed by atoms with Crippen LogP contribution in [-0.4, -0.2) is 16.9 Å². The number of phenolic OH excluding ortho intramolecular Hbond substituents is 2. The van der Waals surface area contributed by atoms with Crippen LogP contribution in [0.25, 0.3) is 0 Å². The second-order valence-electron chi connectivity index (χ2n) is 2.51. The number of hydrogen-bond donors (Lipinski definition) is 3. The maximum atomic E-state index is 12.0. The molecule has 0 saturated heterocycles. The minimum atomic E-state index is -0.739. The van der Waals surface area contributed by atoms with E-state index < -0.39 is 12.7 Å². The van der Waals surface area contributed by atoms with E-state index >= 15 is 0 Å². The molecular weight excluding hydrogens is 161 g/mol. The Morgan fingerprint density at radius 3 is 2.50 bits per heavy atom. The van der Waals surface area contributed by atoms with Gasteiger partial charge in [-0.05, 0) is 17.7 Å². The molecule has 0 aromatic heterocycles. The molecular formula is C8H10FNO2. The molecule has 0 heterocycles. The van der Waals surface area contributed by atoms with E-state index in [0.29, 0.717) is 5.56 Å². The van der Waals surface area contributed by atoms with E-state index in [1.807, 2.05) is 0 Å². The fraction of sp³-hybridized carbons (Fsp3) is 0.250. The zero-order valence-electron chi connectivity index (χ0n) is 6.37. The SMILES string of the molecule is NC(CF)c1ccc(O)c(O)c1. The summed E-state index contributed by atoms with van der Waals surface area (Å²) in [4.78, 5) is 0. The Morgan fingerprint density at radius 1 is 1.33 bits per heavy atom. The number of alkyl halides is 1. The highest BCUT2D eigenvalue weighted by Gasteiger charge is 2.07. The Labute approximate surface area is 69.3 Å². The van der Waals surface area contributed by atoms with Gasteiger partial charge in [0.15, 0.2) is 11.5 Å². The van der Waals surface area contributed by atoms with Crippen molar-refractivity contribution in [1.82, 2.24) is 0 Å². The first-order chi connectivity index (χ1) is 5.65. The molecule has 12 heavy (non-hydrogen) atoms. The molecule has 4 heteroatoms. The number of phenols is 2. The molecule has 0 fully saturated rings. The van der Waals surface area contributed by atoms with Crippen molar-refractivity contribution < 1.29 is 14.6 Å². The van der Waals surface area contributed by atoms with Crippen molar-refractivity contribution in [2.24, 2.45) is 5.73 Å². The van der Waals surface area contributed by atoms with Crippen molar-refractivity contribution >= 4 is 0 Å². The predicted octanol–water partition coefficient (Wildman–Crippen LogP) is 1.07. The number of halogens is 1. The van der Waals surface area contributed by atoms with Crippen LogP contribution in [0.3, 0.4) is 0 Å². The molecule has 0 saturated carbocycles. The average molecular weight is 171 g/mol. The van der Waals surface area contributed by atoms with E-state index in [4.69, 9.17) is 15.9 Å². The second-order valence-corrected chi connectivity index (χ2v) is 2.51. The van der Waals surface area contributed by atoms with Gasteiger partial charge in [-0.1, -0.05) is 6.07 Å². The molecule has 1 unspecified atom stereocenters. The van der Waals surface area contributed by atoms with E-state index in [2.05, 4.69) is 0 Å². The number of hydrogen-bond acceptors (Lipinski definition) is 3. The highest BCUT2D eigenvalue weighted by Crippen LogP contribution is 2.26. The summed E-state index contributed by atoms with van der Waals surface area (Å²) in [6.07, 6.45) is 0. The number of nitrogens with two attached hydrogens (primary N) is 1. The summed E-state index contributed by atoms with van der Waals surface area (Å²) in [6, 6.07) is 3.26. The topological polar surface area (TPSA) is 66.5 Å². The average Bonchev–Trinajstić information content (AvgIpc) is 2.08. The van der Waals surface area contributed by atoms with Crippen LogP contribution < -0.4 is 5.73 Å². The standard InChI is InChI=1S/C8H10FNO2/c9-4-6(10)5-1-2-7(11)8(12)3-5/h1-3,6,11-12H,4,10H2. The minimum absolute atomic E-state index is 0.232. The third-order valence-electron chi connectivity index (χ3n) is 1.59. The van der Waals surface area contributed by atoms with Crippen molar-refractivity contribution in [1.29, 1.82) is 0 Å². The Morgan fingerprint density at radius 2 is 2.00 bits per heavy atom. The van der Waals surface area contributed by atoms with Crippen molar-refractivity contribution in [3.63, 3.8) is 0 Å². The third kappa shape index (κ3) is 1.65. The summed E-state index contributed by atoms with van der Waals surface area (Å²) in [5.41, 5.74) is 5.81. The molecule has 66 valence electrons. The molecule has 0 amide bonds. The summed E-state index contributed by atoms with van der Waals surface area (Å²) >= 11 is 0. The van der Waals surface area contributed by atoms with E-state index in [1.54, 1.807) is 0 Å². The molecule has 1 atom stereocenters. The molecule has 0 aliphatic heterocycles. The van der Waals surface area contributed by atoms with Crippen LogP contribution in [0.2, 0.25) is 0 Å². The van der Waals surface area contributed by atoms with Crippen molar-refractivity contribution in [2.75, 3.05) is 6.67 Å². The molecule has 0 spiro atoms. The van der Waals surface area contributed by atoms with Gasteiger partial charge in [-0.25, -0.2) is 4.39 Å². The van der Waals surface area contributed by atoms with E-state index in [0.717, 1.165) is 0 Å². The van der Waals surface area contributed by atoms with Crippen LogP contribution in [-0.2, 0) is 0 Å². The van der Waals surface area contributed by atoms with Crippen molar-refractivity contribution in [3.8, 4) is 11.5 Å². The highest BCUT2D eigenvalue weighted by molar-refractivity contribution is 5.41. The van der Waals surface area contributed by atoms with Crippen LogP contribution in [0.15, 0.2) is 18.2 Å². The second kappa shape index (κ2) is 3.40. The molecule has 1 rings (SSSR count). The van der Waals surface area contributed by atoms with Gasteiger partial charge in [0.25, 0.3) is 0 Å². The lowest BCUT2D eigenvalue weighted by molar-refractivity contribution is 0.399. The fourth-order valence-electron chi connectivity index (χ4n) is 0.860. The lowest BCUT2D eigenvalue weighted by atomic mass is 10.1. The number of aromatic hydroxyl groups is 2. The summed E-state index contributed by atoms with van der Waals surface area (Å²) < 4.78 is 12.0. The number of rotatable bonds is 2. The van der Waals surface area contributed by atoms with E-state index in [1.165, 1.54) is 18.2 Å². The van der Waals surface area contributed by atoms with Gasteiger partial charge < -0.3 is 15.9 Å². The Bertz CT molecular complexity index is 278. The van der Waals surface area contributed by atoms with Gasteiger partial charge in [0.2, 0.25) is 0 Å². The fourth-order valence-corrected chi connectivity index (χ4v) is 0.860. The summed E-state index contributed by atoms with van der Waals surface area (Å²) in [5.74, 6) is -0.513. The maximum absolute atomic E-state index is 12.0. The first-order valence-corrected chi connectivity index (χ1v) is 3.48. The Kier molecular flexibility index (Phi) is 2.50. The molecule has 0 bridgehead atoms. The molecule has 0 aliphatic rings. The van der Waals surface area contributed by atoms with Gasteiger partial charge in [-0.2, -0.15) is 0 Å². The number of benzene rings is 1. The molecule has 3 nitrogen and oxygen atoms in total. The predicted molar refractivity (Wildman–Crippen MR) is 42.7 cm³/mol. The normalized spacial score (nSPS) is 12.8. The van der Waals surface area contributed by atoms with Crippen molar-refractivity contribution in [2.45, 2.75) is 6.04 Å². The van der Waals surface area contributed by atoms with Gasteiger partial charge in [-0.15, -0.1) is 0 Å². The van der Waals surface area contributed by atoms with Crippen LogP contribution in [0.5, 0.6) is 11.5 Å². The van der Waals surface area contributed by atoms with Gasteiger partial charge in [0, 0.05) is 0 Å². The zero-order valence-corrected chi connectivity index (χ0v) is 6.37. The quantitative estimate of drug-likeness (QED) is 0.583. The van der Waals surface area contributed by atoms with Crippen LogP contribution in [0.4, 0.5) is 4.39 Å². The Balaban J connectivity index is 2.96. The van der Waals surface area contributed by atoms with Crippen LogP contribution >= 0.6 is 0 Å². The van der Waals surface area contributed by atoms with Gasteiger partial charge in [-0.3, -0.25) is 0 Å². The maximum Gasteiger partial charge on any atom is 0.157 e. The van der Waals surface area contributed by atoms with E-state index in [9.17, 15) is 4.39 Å². The van der Waals surface area contributed by atoms with Crippen LogP contribution in [0, 0.1) is 0 Å². The van der Waals surface area contributed by atoms with Gasteiger partial charge >= 0.3 is 0 Å². The molecule has 0 aliphatic carbocycles. The molecule has 0 radical (unpaired) electrons. The van der Waals surface area contributed by atoms with Gasteiger partial charge in [0.05, 0.1) is 6.04 Å². The zero-order chi connectivity index (χ0) is 9.14. The van der Waals surface area contributed by atoms with Crippen LogP contribution in [0.1, 0.15) is 11.6 Å². The first-order valence-electron chi connectivity index (χ1n) is 3.48. The lowest BCUT2D eigenvalue weighted by Gasteiger charge is -2.07. The summed E-state index contributed by atoms with van der Waals surface area (Å²) in [7, 11) is 0. The molecule has 1 aromatic carbocycles. The highest BCUT2D eigenvalue weighted by atomic mass is 19.1.